The Bertz CT molecular complexity index is 834. The Kier molecular flexibility index (Phi) is 5.65. The van der Waals surface area contributed by atoms with Gasteiger partial charge in [0.2, 0.25) is 0 Å². The maximum absolute atomic E-state index is 12.7. The molecule has 0 bridgehead atoms. The second kappa shape index (κ2) is 7.34. The molecule has 1 aromatic heterocycles. The van der Waals surface area contributed by atoms with Crippen molar-refractivity contribution in [3.8, 4) is 11.1 Å². The van der Waals surface area contributed by atoms with Crippen molar-refractivity contribution in [1.29, 1.82) is 0 Å². The third kappa shape index (κ3) is 3.96. The number of benzene rings is 2. The minimum atomic E-state index is -4.32. The van der Waals surface area contributed by atoms with Crippen LogP contribution >= 0.6 is 15.9 Å². The first-order valence-electron chi connectivity index (χ1n) is 7.59. The van der Waals surface area contributed by atoms with E-state index in [4.69, 9.17) is 0 Å². The Hall–Kier alpha value is -1.88. The van der Waals surface area contributed by atoms with Crippen LogP contribution in [0.3, 0.4) is 0 Å². The molecule has 3 aromatic rings. The van der Waals surface area contributed by atoms with E-state index in [1.165, 1.54) is 12.1 Å². The predicted molar refractivity (Wildman–Crippen MR) is 96.0 cm³/mol. The standard InChI is InChI=1S/C17H11BrF3N.C2H6/c1-10-8-15(14-7-6-13(18)9-16(14)22-10)11-2-4-12(5-3-11)17(19,20)21;1-2/h2-9H,1H3;1-2H3. The highest BCUT2D eigenvalue weighted by molar-refractivity contribution is 9.10. The topological polar surface area (TPSA) is 12.9 Å². The Morgan fingerprint density at radius 1 is 0.917 bits per heavy atom. The molecule has 24 heavy (non-hydrogen) atoms. The molecule has 5 heteroatoms. The Morgan fingerprint density at radius 3 is 2.12 bits per heavy atom. The number of alkyl halides is 3. The van der Waals surface area contributed by atoms with E-state index in [1.54, 1.807) is 0 Å². The molecule has 0 atom stereocenters. The van der Waals surface area contributed by atoms with Crippen molar-refractivity contribution < 1.29 is 13.2 Å². The molecule has 0 saturated heterocycles. The molecule has 0 saturated carbocycles. The number of hydrogen-bond donors (Lipinski definition) is 0. The van der Waals surface area contributed by atoms with Crippen molar-refractivity contribution in [2.24, 2.45) is 0 Å². The quantitative estimate of drug-likeness (QED) is 0.431. The Morgan fingerprint density at radius 2 is 1.54 bits per heavy atom. The van der Waals surface area contributed by atoms with E-state index < -0.39 is 11.7 Å². The van der Waals surface area contributed by atoms with Gasteiger partial charge in [-0.3, -0.25) is 4.98 Å². The SMILES string of the molecule is CC.Cc1cc(-c2ccc(C(F)(F)F)cc2)c2ccc(Br)cc2n1. The second-order valence-corrected chi connectivity index (χ2v) is 5.96. The summed E-state index contributed by atoms with van der Waals surface area (Å²) in [5.41, 5.74) is 2.60. The molecule has 0 fully saturated rings. The Labute approximate surface area is 147 Å². The van der Waals surface area contributed by atoms with Gasteiger partial charge in [0.1, 0.15) is 0 Å². The number of rotatable bonds is 1. The normalized spacial score (nSPS) is 11.1. The summed E-state index contributed by atoms with van der Waals surface area (Å²) in [5.74, 6) is 0. The minimum absolute atomic E-state index is 0.644. The van der Waals surface area contributed by atoms with Crippen molar-refractivity contribution in [2.75, 3.05) is 0 Å². The molecule has 1 heterocycles. The maximum Gasteiger partial charge on any atom is 0.416 e. The molecule has 0 N–H and O–H groups in total. The van der Waals surface area contributed by atoms with Gasteiger partial charge in [0.25, 0.3) is 0 Å². The first-order valence-corrected chi connectivity index (χ1v) is 8.38. The second-order valence-electron chi connectivity index (χ2n) is 5.05. The summed E-state index contributed by atoms with van der Waals surface area (Å²) in [6.45, 7) is 5.87. The molecule has 1 nitrogen and oxygen atoms in total. The lowest BCUT2D eigenvalue weighted by molar-refractivity contribution is -0.137. The average Bonchev–Trinajstić information content (AvgIpc) is 2.55. The van der Waals surface area contributed by atoms with Gasteiger partial charge in [0.05, 0.1) is 11.1 Å². The molecule has 126 valence electrons. The number of nitrogens with zero attached hydrogens (tertiary/aromatic N) is 1. The molecule has 0 aliphatic carbocycles. The lowest BCUT2D eigenvalue weighted by Gasteiger charge is -2.11. The number of aromatic nitrogens is 1. The van der Waals surface area contributed by atoms with Crippen LogP contribution in [0.5, 0.6) is 0 Å². The summed E-state index contributed by atoms with van der Waals surface area (Å²) in [6, 6.07) is 12.8. The van der Waals surface area contributed by atoms with E-state index in [1.807, 2.05) is 45.0 Å². The third-order valence-electron chi connectivity index (χ3n) is 3.42. The van der Waals surface area contributed by atoms with Gasteiger partial charge < -0.3 is 0 Å². The average molecular weight is 396 g/mol. The molecule has 0 aliphatic rings. The zero-order valence-electron chi connectivity index (χ0n) is 13.6. The minimum Gasteiger partial charge on any atom is -0.253 e. The molecule has 3 rings (SSSR count). The molecule has 0 radical (unpaired) electrons. The highest BCUT2D eigenvalue weighted by Gasteiger charge is 2.30. The number of hydrogen-bond acceptors (Lipinski definition) is 1. The highest BCUT2D eigenvalue weighted by Crippen LogP contribution is 2.33. The van der Waals surface area contributed by atoms with Gasteiger partial charge >= 0.3 is 6.18 Å². The van der Waals surface area contributed by atoms with Gasteiger partial charge in [-0.05, 0) is 48.4 Å². The van der Waals surface area contributed by atoms with Crippen LogP contribution in [0.25, 0.3) is 22.0 Å². The van der Waals surface area contributed by atoms with E-state index in [2.05, 4.69) is 20.9 Å². The molecule has 0 amide bonds. The molecule has 0 spiro atoms. The van der Waals surface area contributed by atoms with Crippen LogP contribution in [0.2, 0.25) is 0 Å². The van der Waals surface area contributed by atoms with Crippen molar-refractivity contribution >= 4 is 26.8 Å². The van der Waals surface area contributed by atoms with Gasteiger partial charge in [-0.2, -0.15) is 13.2 Å². The largest absolute Gasteiger partial charge is 0.416 e. The lowest BCUT2D eigenvalue weighted by atomic mass is 9.99. The summed E-state index contributed by atoms with van der Waals surface area (Å²) < 4.78 is 38.9. The number of halogens is 4. The summed E-state index contributed by atoms with van der Waals surface area (Å²) in [6.07, 6.45) is -4.32. The molecule has 0 unspecified atom stereocenters. The first-order chi connectivity index (χ1) is 11.3. The van der Waals surface area contributed by atoms with Crippen molar-refractivity contribution in [3.05, 3.63) is 64.3 Å². The zero-order valence-corrected chi connectivity index (χ0v) is 15.2. The van der Waals surface area contributed by atoms with E-state index in [-0.39, 0.29) is 0 Å². The van der Waals surface area contributed by atoms with Gasteiger partial charge in [-0.15, -0.1) is 0 Å². The van der Waals surface area contributed by atoms with Gasteiger partial charge in [0.15, 0.2) is 0 Å². The summed E-state index contributed by atoms with van der Waals surface area (Å²) in [4.78, 5) is 4.47. The van der Waals surface area contributed by atoms with Crippen LogP contribution in [0.15, 0.2) is 53.0 Å². The van der Waals surface area contributed by atoms with Crippen LogP contribution in [-0.2, 0) is 6.18 Å². The van der Waals surface area contributed by atoms with Gasteiger partial charge in [-0.1, -0.05) is 48.0 Å². The number of aryl methyl sites for hydroxylation is 1. The summed E-state index contributed by atoms with van der Waals surface area (Å²) in [5, 5.41) is 0.911. The van der Waals surface area contributed by atoms with Crippen molar-refractivity contribution in [2.45, 2.75) is 26.9 Å². The predicted octanol–water partition coefficient (Wildman–Crippen LogP) is 7.02. The van der Waals surface area contributed by atoms with Crippen molar-refractivity contribution in [3.63, 3.8) is 0 Å². The monoisotopic (exact) mass is 395 g/mol. The van der Waals surface area contributed by atoms with Crippen LogP contribution in [0, 0.1) is 6.92 Å². The van der Waals surface area contributed by atoms with Crippen LogP contribution in [0.1, 0.15) is 25.1 Å². The lowest BCUT2D eigenvalue weighted by Crippen LogP contribution is -2.04. The van der Waals surface area contributed by atoms with E-state index in [0.29, 0.717) is 0 Å². The zero-order chi connectivity index (χ0) is 17.9. The van der Waals surface area contributed by atoms with E-state index in [9.17, 15) is 13.2 Å². The third-order valence-corrected chi connectivity index (χ3v) is 3.92. The molecular formula is C19H17BrF3N. The Balaban J connectivity index is 0.00000100. The molecule has 0 aliphatic heterocycles. The molecule has 2 aromatic carbocycles. The smallest absolute Gasteiger partial charge is 0.253 e. The molecular weight excluding hydrogens is 379 g/mol. The van der Waals surface area contributed by atoms with E-state index >= 15 is 0 Å². The van der Waals surface area contributed by atoms with Crippen molar-refractivity contribution in [1.82, 2.24) is 4.98 Å². The van der Waals surface area contributed by atoms with Gasteiger partial charge in [0, 0.05) is 15.6 Å². The summed E-state index contributed by atoms with van der Waals surface area (Å²) in [7, 11) is 0. The first kappa shape index (κ1) is 18.5. The van der Waals surface area contributed by atoms with Crippen LogP contribution in [0.4, 0.5) is 13.2 Å². The number of pyridine rings is 1. The fourth-order valence-corrected chi connectivity index (χ4v) is 2.76. The van der Waals surface area contributed by atoms with E-state index in [0.717, 1.165) is 44.3 Å². The highest BCUT2D eigenvalue weighted by atomic mass is 79.9. The maximum atomic E-state index is 12.7. The number of fused-ring (bicyclic) bond motifs is 1. The summed E-state index contributed by atoms with van der Waals surface area (Å²) >= 11 is 3.40. The fourth-order valence-electron chi connectivity index (χ4n) is 2.41. The van der Waals surface area contributed by atoms with Crippen LogP contribution in [-0.4, -0.2) is 4.98 Å². The van der Waals surface area contributed by atoms with Crippen LogP contribution < -0.4 is 0 Å². The van der Waals surface area contributed by atoms with Gasteiger partial charge in [-0.25, -0.2) is 0 Å². The fraction of sp³-hybridized carbons (Fsp3) is 0.211.